The molecule has 0 spiro atoms. The van der Waals surface area contributed by atoms with Gasteiger partial charge in [-0.25, -0.2) is 4.98 Å². The Bertz CT molecular complexity index is 1100. The van der Waals surface area contributed by atoms with E-state index in [0.29, 0.717) is 12.0 Å². The third-order valence-electron chi connectivity index (χ3n) is 6.94. The van der Waals surface area contributed by atoms with Crippen LogP contribution in [0.25, 0.3) is 10.9 Å². The summed E-state index contributed by atoms with van der Waals surface area (Å²) in [6, 6.07) is 16.8. The molecular formula is C29H39N5O. The molecule has 0 radical (unpaired) electrons. The number of nitrogens with one attached hydrogen (secondary N) is 2. The van der Waals surface area contributed by atoms with Gasteiger partial charge >= 0.3 is 0 Å². The van der Waals surface area contributed by atoms with E-state index < -0.39 is 0 Å². The number of unbranched alkanes of at least 4 members (excludes halogenated alkanes) is 3. The predicted molar refractivity (Wildman–Crippen MR) is 145 cm³/mol. The quantitative estimate of drug-likeness (QED) is 0.355. The zero-order valence-corrected chi connectivity index (χ0v) is 21.4. The lowest BCUT2D eigenvalue weighted by molar-refractivity contribution is 0.0926. The summed E-state index contributed by atoms with van der Waals surface area (Å²) in [4.78, 5) is 24.3. The highest BCUT2D eigenvalue weighted by molar-refractivity contribution is 5.94. The van der Waals surface area contributed by atoms with Crippen molar-refractivity contribution < 1.29 is 4.79 Å². The second-order valence-corrected chi connectivity index (χ2v) is 9.96. The van der Waals surface area contributed by atoms with E-state index in [1.54, 1.807) is 0 Å². The van der Waals surface area contributed by atoms with Crippen molar-refractivity contribution >= 4 is 28.6 Å². The Morgan fingerprint density at radius 2 is 1.63 bits per heavy atom. The maximum Gasteiger partial charge on any atom is 0.251 e. The van der Waals surface area contributed by atoms with E-state index in [-0.39, 0.29) is 11.9 Å². The Morgan fingerprint density at radius 1 is 0.914 bits per heavy atom. The lowest BCUT2D eigenvalue weighted by Crippen LogP contribution is -2.40. The molecule has 4 rings (SSSR count). The zero-order valence-electron chi connectivity index (χ0n) is 21.4. The number of rotatable bonds is 10. The molecule has 186 valence electrons. The third kappa shape index (κ3) is 6.71. The van der Waals surface area contributed by atoms with Crippen molar-refractivity contribution in [2.45, 2.75) is 76.8 Å². The van der Waals surface area contributed by atoms with Gasteiger partial charge in [0, 0.05) is 37.1 Å². The van der Waals surface area contributed by atoms with Gasteiger partial charge in [0.05, 0.1) is 5.52 Å². The summed E-state index contributed by atoms with van der Waals surface area (Å²) in [7, 11) is 4.02. The molecule has 0 atom stereocenters. The number of fused-ring (bicyclic) bond motifs is 1. The van der Waals surface area contributed by atoms with E-state index in [9.17, 15) is 4.79 Å². The first-order valence-electron chi connectivity index (χ1n) is 13.1. The molecule has 0 unspecified atom stereocenters. The summed E-state index contributed by atoms with van der Waals surface area (Å²) < 4.78 is 0. The average molecular weight is 474 g/mol. The first-order chi connectivity index (χ1) is 17.0. The van der Waals surface area contributed by atoms with Crippen LogP contribution in [0.1, 0.15) is 74.2 Å². The largest absolute Gasteiger partial charge is 0.362 e. The van der Waals surface area contributed by atoms with Crippen molar-refractivity contribution in [3.05, 3.63) is 59.7 Å². The number of aromatic nitrogens is 2. The number of aryl methyl sites for hydroxylation is 1. The molecule has 2 aromatic carbocycles. The molecule has 1 saturated carbocycles. The number of para-hydroxylation sites is 1. The highest BCUT2D eigenvalue weighted by Gasteiger charge is 2.24. The molecule has 0 bridgehead atoms. The van der Waals surface area contributed by atoms with Crippen molar-refractivity contribution in [1.29, 1.82) is 0 Å². The smallest absolute Gasteiger partial charge is 0.251 e. The molecule has 1 aliphatic rings. The van der Waals surface area contributed by atoms with Crippen molar-refractivity contribution in [3.63, 3.8) is 0 Å². The number of carbonyl (C=O) groups excluding carboxylic acids is 1. The van der Waals surface area contributed by atoms with Crippen LogP contribution in [0.4, 0.5) is 11.8 Å². The van der Waals surface area contributed by atoms with Crippen LogP contribution < -0.4 is 15.5 Å². The number of amides is 1. The summed E-state index contributed by atoms with van der Waals surface area (Å²) >= 11 is 0. The van der Waals surface area contributed by atoms with Gasteiger partial charge < -0.3 is 15.5 Å². The molecule has 0 saturated heterocycles. The molecule has 6 heteroatoms. The van der Waals surface area contributed by atoms with Crippen LogP contribution in [0, 0.1) is 0 Å². The van der Waals surface area contributed by atoms with Crippen LogP contribution in [-0.2, 0) is 6.42 Å². The molecule has 2 N–H and O–H groups in total. The van der Waals surface area contributed by atoms with E-state index in [0.717, 1.165) is 54.4 Å². The van der Waals surface area contributed by atoms with Crippen LogP contribution in [0.5, 0.6) is 0 Å². The maximum absolute atomic E-state index is 12.8. The Balaban J connectivity index is 1.27. The van der Waals surface area contributed by atoms with Crippen molar-refractivity contribution in [1.82, 2.24) is 15.3 Å². The number of hydrogen-bond donors (Lipinski definition) is 2. The number of benzene rings is 2. The maximum atomic E-state index is 12.8. The van der Waals surface area contributed by atoms with Gasteiger partial charge in [0.2, 0.25) is 5.95 Å². The van der Waals surface area contributed by atoms with E-state index in [2.05, 4.69) is 35.8 Å². The van der Waals surface area contributed by atoms with Gasteiger partial charge in [-0.1, -0.05) is 50.5 Å². The van der Waals surface area contributed by atoms with Gasteiger partial charge in [0.25, 0.3) is 5.91 Å². The standard InChI is InChI=1S/C29H39N5O/c1-4-5-6-7-10-21-13-15-22(16-14-21)28(35)30-23-17-19-24(20-18-23)31-29-32-26-12-9-8-11-25(26)27(33-29)34(2)3/h8-9,11-16,23-24H,4-7,10,17-20H2,1-3H3,(H,30,35)(H,31,32,33). The Hall–Kier alpha value is -3.15. The van der Waals surface area contributed by atoms with Gasteiger partial charge in [-0.15, -0.1) is 0 Å². The molecule has 1 heterocycles. The normalized spacial score (nSPS) is 17.8. The van der Waals surface area contributed by atoms with E-state index in [4.69, 9.17) is 9.97 Å². The molecule has 0 aliphatic heterocycles. The fourth-order valence-electron chi connectivity index (χ4n) is 4.88. The average Bonchev–Trinajstić information content (AvgIpc) is 2.87. The Morgan fingerprint density at radius 3 is 2.34 bits per heavy atom. The first-order valence-corrected chi connectivity index (χ1v) is 13.1. The Labute approximate surface area is 209 Å². The minimum Gasteiger partial charge on any atom is -0.362 e. The summed E-state index contributed by atoms with van der Waals surface area (Å²) in [5.41, 5.74) is 3.02. The van der Waals surface area contributed by atoms with Gasteiger partial charge in [-0.05, 0) is 68.4 Å². The van der Waals surface area contributed by atoms with Crippen molar-refractivity contribution in [2.75, 3.05) is 24.3 Å². The highest BCUT2D eigenvalue weighted by Crippen LogP contribution is 2.26. The second-order valence-electron chi connectivity index (χ2n) is 9.96. The monoisotopic (exact) mass is 473 g/mol. The molecule has 6 nitrogen and oxygen atoms in total. The fraction of sp³-hybridized carbons (Fsp3) is 0.483. The number of nitrogens with zero attached hydrogens (tertiary/aromatic N) is 3. The van der Waals surface area contributed by atoms with Crippen LogP contribution in [0.3, 0.4) is 0 Å². The molecule has 1 amide bonds. The van der Waals surface area contributed by atoms with Gasteiger partial charge in [0.1, 0.15) is 5.82 Å². The third-order valence-corrected chi connectivity index (χ3v) is 6.94. The minimum atomic E-state index is 0.0347. The van der Waals surface area contributed by atoms with E-state index in [1.807, 2.05) is 49.3 Å². The zero-order chi connectivity index (χ0) is 24.6. The van der Waals surface area contributed by atoms with Gasteiger partial charge in [-0.2, -0.15) is 4.98 Å². The predicted octanol–water partition coefficient (Wildman–Crippen LogP) is 5.97. The number of hydrogen-bond acceptors (Lipinski definition) is 5. The summed E-state index contributed by atoms with van der Waals surface area (Å²) in [5.74, 6) is 1.63. The van der Waals surface area contributed by atoms with Crippen LogP contribution in [-0.4, -0.2) is 42.1 Å². The summed E-state index contributed by atoms with van der Waals surface area (Å²) in [6.45, 7) is 2.23. The first kappa shape index (κ1) is 25.0. The number of anilines is 2. The summed E-state index contributed by atoms with van der Waals surface area (Å²) in [5, 5.41) is 7.84. The molecule has 1 aromatic heterocycles. The van der Waals surface area contributed by atoms with Crippen molar-refractivity contribution in [2.24, 2.45) is 0 Å². The van der Waals surface area contributed by atoms with Gasteiger partial charge in [-0.3, -0.25) is 4.79 Å². The molecular weight excluding hydrogens is 434 g/mol. The molecule has 1 fully saturated rings. The SMILES string of the molecule is CCCCCCc1ccc(C(=O)NC2CCC(Nc3nc(N(C)C)c4ccccc4n3)CC2)cc1. The van der Waals surface area contributed by atoms with Crippen molar-refractivity contribution in [3.8, 4) is 0 Å². The number of carbonyl (C=O) groups is 1. The van der Waals surface area contributed by atoms with Crippen LogP contribution in [0.15, 0.2) is 48.5 Å². The molecule has 35 heavy (non-hydrogen) atoms. The highest BCUT2D eigenvalue weighted by atomic mass is 16.1. The fourth-order valence-corrected chi connectivity index (χ4v) is 4.88. The molecule has 1 aliphatic carbocycles. The van der Waals surface area contributed by atoms with Crippen LogP contribution in [0.2, 0.25) is 0 Å². The van der Waals surface area contributed by atoms with E-state index >= 15 is 0 Å². The lowest BCUT2D eigenvalue weighted by atomic mass is 9.91. The summed E-state index contributed by atoms with van der Waals surface area (Å²) in [6.07, 6.45) is 10.0. The van der Waals surface area contributed by atoms with Crippen LogP contribution >= 0.6 is 0 Å². The second kappa shape index (κ2) is 12.0. The topological polar surface area (TPSA) is 70.2 Å². The lowest BCUT2D eigenvalue weighted by Gasteiger charge is -2.30. The Kier molecular flexibility index (Phi) is 8.56. The van der Waals surface area contributed by atoms with Gasteiger partial charge in [0.15, 0.2) is 0 Å². The minimum absolute atomic E-state index is 0.0347. The van der Waals surface area contributed by atoms with E-state index in [1.165, 1.54) is 31.2 Å². The molecule has 3 aromatic rings.